The number of aromatic nitrogens is 4. The van der Waals surface area contributed by atoms with Gasteiger partial charge in [0.1, 0.15) is 5.54 Å². The van der Waals surface area contributed by atoms with Crippen molar-refractivity contribution >= 4 is 29.6 Å². The number of carbonyl (C=O) groups is 3. The molecule has 2 aromatic heterocycles. The van der Waals surface area contributed by atoms with E-state index in [1.807, 2.05) is 47.0 Å². The van der Waals surface area contributed by atoms with E-state index in [0.717, 1.165) is 34.8 Å². The van der Waals surface area contributed by atoms with E-state index in [2.05, 4.69) is 25.9 Å². The Labute approximate surface area is 206 Å². The van der Waals surface area contributed by atoms with Crippen molar-refractivity contribution < 1.29 is 14.4 Å². The molecule has 0 radical (unpaired) electrons. The van der Waals surface area contributed by atoms with E-state index in [4.69, 9.17) is 0 Å². The van der Waals surface area contributed by atoms with Gasteiger partial charge in [0.05, 0.1) is 5.75 Å². The van der Waals surface area contributed by atoms with Crippen molar-refractivity contribution in [2.24, 2.45) is 0 Å². The van der Waals surface area contributed by atoms with Gasteiger partial charge in [0.15, 0.2) is 11.0 Å². The third-order valence-corrected chi connectivity index (χ3v) is 7.04. The second-order valence-corrected chi connectivity index (χ2v) is 9.80. The molecule has 10 nitrogen and oxygen atoms in total. The van der Waals surface area contributed by atoms with Gasteiger partial charge in [0.25, 0.3) is 5.91 Å². The number of hydrogen-bond acceptors (Lipinski definition) is 7. The van der Waals surface area contributed by atoms with Crippen molar-refractivity contribution in [3.05, 3.63) is 60.4 Å². The lowest BCUT2D eigenvalue weighted by Gasteiger charge is -2.21. The van der Waals surface area contributed by atoms with Gasteiger partial charge in [0, 0.05) is 24.0 Å². The summed E-state index contributed by atoms with van der Waals surface area (Å²) in [5, 5.41) is 12.7. The van der Waals surface area contributed by atoms with Gasteiger partial charge >= 0.3 is 6.03 Å². The number of nitrogens with zero attached hydrogens (tertiary/aromatic N) is 5. The quantitative estimate of drug-likeness (QED) is 0.349. The van der Waals surface area contributed by atoms with Crippen molar-refractivity contribution in [1.29, 1.82) is 0 Å². The molecule has 5 rings (SSSR count). The highest BCUT2D eigenvalue weighted by Crippen LogP contribution is 2.41. The van der Waals surface area contributed by atoms with Crippen LogP contribution in [0.4, 0.5) is 4.79 Å². The Bertz CT molecular complexity index is 1250. The Kier molecular flexibility index (Phi) is 6.25. The fraction of sp³-hybridized carbons (Fsp3) is 0.333. The Hall–Kier alpha value is -3.73. The van der Waals surface area contributed by atoms with Crippen molar-refractivity contribution in [1.82, 2.24) is 35.5 Å². The number of hydrazine groups is 1. The first-order valence-electron chi connectivity index (χ1n) is 11.4. The molecule has 2 aliphatic rings. The van der Waals surface area contributed by atoms with Gasteiger partial charge in [0.2, 0.25) is 5.91 Å². The first kappa shape index (κ1) is 23.0. The summed E-state index contributed by atoms with van der Waals surface area (Å²) >= 11 is 1.22. The fourth-order valence-corrected chi connectivity index (χ4v) is 4.81. The number of hydrogen-bond donors (Lipinski definition) is 2. The third-order valence-electron chi connectivity index (χ3n) is 6.10. The topological polar surface area (TPSA) is 122 Å². The van der Waals surface area contributed by atoms with Crippen LogP contribution in [0.15, 0.2) is 60.0 Å². The first-order chi connectivity index (χ1) is 16.9. The maximum atomic E-state index is 13.0. The van der Waals surface area contributed by atoms with Crippen LogP contribution >= 0.6 is 11.8 Å². The number of amides is 4. The minimum atomic E-state index is -1.08. The van der Waals surface area contributed by atoms with Crippen LogP contribution in [-0.4, -0.2) is 53.9 Å². The molecule has 3 heterocycles. The lowest BCUT2D eigenvalue weighted by Crippen LogP contribution is -2.49. The summed E-state index contributed by atoms with van der Waals surface area (Å²) in [4.78, 5) is 42.1. The van der Waals surface area contributed by atoms with E-state index in [-0.39, 0.29) is 5.75 Å². The van der Waals surface area contributed by atoms with Crippen molar-refractivity contribution in [3.8, 4) is 11.4 Å². The second-order valence-electron chi connectivity index (χ2n) is 8.86. The molecule has 1 atom stereocenters. The Morgan fingerprint density at radius 1 is 1.14 bits per heavy atom. The lowest BCUT2D eigenvalue weighted by molar-refractivity contribution is -0.138. The zero-order valence-electron chi connectivity index (χ0n) is 19.2. The van der Waals surface area contributed by atoms with Crippen LogP contribution in [0.5, 0.6) is 0 Å². The van der Waals surface area contributed by atoms with E-state index < -0.39 is 23.4 Å². The molecule has 35 heavy (non-hydrogen) atoms. The number of nitrogens with one attached hydrogen (secondary N) is 2. The maximum Gasteiger partial charge on any atom is 0.344 e. The van der Waals surface area contributed by atoms with Crippen LogP contribution in [0.2, 0.25) is 0 Å². The van der Waals surface area contributed by atoms with Gasteiger partial charge in [-0.05, 0) is 50.3 Å². The molecular formula is C24H25N7O3S. The zero-order valence-corrected chi connectivity index (χ0v) is 20.0. The molecule has 4 amide bonds. The van der Waals surface area contributed by atoms with Crippen molar-refractivity contribution in [3.63, 3.8) is 0 Å². The largest absolute Gasteiger partial charge is 0.344 e. The number of aryl methyl sites for hydroxylation is 1. The van der Waals surface area contributed by atoms with Crippen molar-refractivity contribution in [2.75, 3.05) is 5.75 Å². The fourth-order valence-electron chi connectivity index (χ4n) is 4.02. The summed E-state index contributed by atoms with van der Waals surface area (Å²) < 4.78 is 2.04. The highest BCUT2D eigenvalue weighted by atomic mass is 32.2. The molecular weight excluding hydrogens is 466 g/mol. The normalized spacial score (nSPS) is 19.6. The number of imide groups is 1. The van der Waals surface area contributed by atoms with Crippen LogP contribution in [-0.2, 0) is 16.0 Å². The summed E-state index contributed by atoms with van der Waals surface area (Å²) in [6.45, 7) is 1.68. The number of pyridine rings is 1. The average Bonchev–Trinajstić information content (AvgIpc) is 3.59. The minimum absolute atomic E-state index is 0.0149. The minimum Gasteiger partial charge on any atom is -0.322 e. The first-order valence-corrected chi connectivity index (χ1v) is 12.4. The van der Waals surface area contributed by atoms with Crippen LogP contribution < -0.4 is 10.7 Å². The Morgan fingerprint density at radius 2 is 1.89 bits per heavy atom. The molecule has 1 aromatic carbocycles. The Morgan fingerprint density at radius 3 is 2.60 bits per heavy atom. The predicted molar refractivity (Wildman–Crippen MR) is 129 cm³/mol. The summed E-state index contributed by atoms with van der Waals surface area (Å²) in [6, 6.07) is 13.1. The highest BCUT2D eigenvalue weighted by molar-refractivity contribution is 7.99. The summed E-state index contributed by atoms with van der Waals surface area (Å²) in [6.07, 6.45) is 6.50. The average molecular weight is 492 g/mol. The van der Waals surface area contributed by atoms with Gasteiger partial charge in [-0.3, -0.25) is 24.6 Å². The van der Waals surface area contributed by atoms with Gasteiger partial charge in [-0.2, -0.15) is 5.01 Å². The summed E-state index contributed by atoms with van der Waals surface area (Å²) in [5.41, 5.74) is 3.34. The van der Waals surface area contributed by atoms with Gasteiger partial charge in [-0.25, -0.2) is 4.79 Å². The van der Waals surface area contributed by atoms with E-state index in [1.54, 1.807) is 19.3 Å². The van der Waals surface area contributed by atoms with Crippen LogP contribution in [0.3, 0.4) is 0 Å². The number of urea groups is 1. The smallest absolute Gasteiger partial charge is 0.322 e. The summed E-state index contributed by atoms with van der Waals surface area (Å²) in [7, 11) is 0. The number of thioether (sulfide) groups is 1. The zero-order chi connectivity index (χ0) is 24.4. The van der Waals surface area contributed by atoms with E-state index in [9.17, 15) is 14.4 Å². The predicted octanol–water partition coefficient (Wildman–Crippen LogP) is 2.74. The molecule has 3 aromatic rings. The standard InChI is InChI=1S/C24H25N7O3S/c1-24(12-9-16-5-3-2-4-6-16)21(33)31(22(34)26-24)29-19(32)15-35-23-28-27-20(30(23)18-7-8-18)17-10-13-25-14-11-17/h2-6,10-11,13-14,18H,7-9,12,15H2,1H3,(H,26,34)(H,29,32)/t24-/m1/s1. The second kappa shape index (κ2) is 9.49. The van der Waals surface area contributed by atoms with E-state index >= 15 is 0 Å². The maximum absolute atomic E-state index is 13.0. The molecule has 1 aliphatic carbocycles. The molecule has 2 fully saturated rings. The third kappa shape index (κ3) is 4.90. The van der Waals surface area contributed by atoms with E-state index in [1.165, 1.54) is 11.8 Å². The van der Waals surface area contributed by atoms with Gasteiger partial charge in [-0.15, -0.1) is 10.2 Å². The molecule has 0 bridgehead atoms. The molecule has 1 saturated heterocycles. The molecule has 0 unspecified atom stereocenters. The monoisotopic (exact) mass is 491 g/mol. The lowest BCUT2D eigenvalue weighted by atomic mass is 9.93. The number of rotatable bonds is 9. The highest BCUT2D eigenvalue weighted by Gasteiger charge is 2.48. The molecule has 0 spiro atoms. The molecule has 180 valence electrons. The molecule has 1 aliphatic heterocycles. The van der Waals surface area contributed by atoms with Gasteiger partial charge in [-0.1, -0.05) is 42.1 Å². The van der Waals surface area contributed by atoms with E-state index in [0.29, 0.717) is 24.0 Å². The molecule has 11 heteroatoms. The number of carbonyl (C=O) groups excluding carboxylic acids is 3. The van der Waals surface area contributed by atoms with Crippen LogP contribution in [0, 0.1) is 0 Å². The van der Waals surface area contributed by atoms with Gasteiger partial charge < -0.3 is 5.32 Å². The SMILES string of the molecule is C[C@]1(CCc2ccccc2)NC(=O)N(NC(=O)CSc2nnc(-c3ccncc3)n2C2CC2)C1=O. The molecule has 1 saturated carbocycles. The summed E-state index contributed by atoms with van der Waals surface area (Å²) in [5.74, 6) is -0.223. The van der Waals surface area contributed by atoms with Crippen LogP contribution in [0.1, 0.15) is 37.8 Å². The Balaban J connectivity index is 1.20. The molecule has 2 N–H and O–H groups in total. The van der Waals surface area contributed by atoms with Crippen LogP contribution in [0.25, 0.3) is 11.4 Å². The van der Waals surface area contributed by atoms with Crippen molar-refractivity contribution in [2.45, 2.75) is 49.3 Å². The number of benzene rings is 1.